The van der Waals surface area contributed by atoms with Crippen LogP contribution in [0.25, 0.3) is 0 Å². The van der Waals surface area contributed by atoms with Gasteiger partial charge < -0.3 is 49.3 Å². The monoisotopic (exact) mass is 1300 g/mol. The number of benzene rings is 3. The molecule has 0 fully saturated rings. The Morgan fingerprint density at radius 3 is 1.67 bits per heavy atom. The molecule has 1 unspecified atom stereocenters. The molecule has 1 aliphatic rings. The van der Waals surface area contributed by atoms with E-state index in [0.29, 0.717) is 19.3 Å². The number of ether oxygens (including phenoxy) is 6. The normalized spacial score (nSPS) is 13.9. The number of hydrazone groups is 1. The minimum absolute atomic E-state index is 0. The van der Waals surface area contributed by atoms with Crippen LogP contribution in [0.2, 0.25) is 10.0 Å². The summed E-state index contributed by atoms with van der Waals surface area (Å²) in [5.41, 5.74) is -1.10. The molecular weight excluding hydrogens is 1260 g/mol. The van der Waals surface area contributed by atoms with Crippen molar-refractivity contribution < 1.29 is 134 Å². The van der Waals surface area contributed by atoms with Crippen molar-refractivity contribution in [1.82, 2.24) is 29.9 Å². The topological polar surface area (TPSA) is 380 Å². The van der Waals surface area contributed by atoms with Crippen LogP contribution in [0, 0.1) is 17.4 Å². The van der Waals surface area contributed by atoms with E-state index in [2.05, 4.69) is 63.9 Å². The number of aromatic nitrogens is 6. The Labute approximate surface area is 520 Å². The van der Waals surface area contributed by atoms with Crippen LogP contribution >= 0.6 is 45.8 Å². The number of hydrogen-bond acceptors (Lipinski definition) is 24. The number of anilines is 3. The van der Waals surface area contributed by atoms with Crippen molar-refractivity contribution in [3.8, 4) is 12.0 Å². The molecule has 6 rings (SSSR count). The number of halogens is 3. The van der Waals surface area contributed by atoms with Crippen molar-refractivity contribution in [2.45, 2.75) is 56.4 Å². The Hall–Kier alpha value is -5.62. The summed E-state index contributed by atoms with van der Waals surface area (Å²) in [6.45, 7) is 8.55. The second kappa shape index (κ2) is 31.4. The summed E-state index contributed by atoms with van der Waals surface area (Å²) in [4.78, 5) is 69.9. The van der Waals surface area contributed by atoms with Gasteiger partial charge in [-0.15, -0.1) is 0 Å². The van der Waals surface area contributed by atoms with Crippen LogP contribution in [0.3, 0.4) is 0 Å². The Morgan fingerprint density at radius 2 is 1.19 bits per heavy atom. The van der Waals surface area contributed by atoms with Crippen molar-refractivity contribution in [2.24, 2.45) is 13.9 Å². The minimum atomic E-state index is -4.51. The third-order valence-corrected chi connectivity index (χ3v) is 13.2. The molecule has 0 saturated carbocycles. The quantitative estimate of drug-likeness (QED) is 0.0264. The smallest absolute Gasteiger partial charge is 0.845 e. The van der Waals surface area contributed by atoms with Crippen molar-refractivity contribution in [2.75, 3.05) is 57.3 Å². The van der Waals surface area contributed by atoms with Gasteiger partial charge in [-0.05, 0) is 106 Å². The number of carbonyl (C=O) groups is 4. The van der Waals surface area contributed by atoms with E-state index < -0.39 is 71.3 Å². The zero-order valence-corrected chi connectivity index (χ0v) is 53.2. The fourth-order valence-corrected chi connectivity index (χ4v) is 9.43. The summed E-state index contributed by atoms with van der Waals surface area (Å²) in [5.74, 6) is -2.81. The van der Waals surface area contributed by atoms with E-state index in [-0.39, 0.29) is 131 Å². The molecule has 3 heterocycles. The molecule has 28 nitrogen and oxygen atoms in total. The van der Waals surface area contributed by atoms with Crippen molar-refractivity contribution in [3.63, 3.8) is 0 Å². The average molecular weight is 1310 g/mol. The van der Waals surface area contributed by atoms with E-state index in [1.165, 1.54) is 69.5 Å². The number of amidine groups is 2. The van der Waals surface area contributed by atoms with Gasteiger partial charge >= 0.3 is 95.0 Å². The first-order valence-corrected chi connectivity index (χ1v) is 26.3. The van der Waals surface area contributed by atoms with E-state index in [4.69, 9.17) is 42.1 Å². The van der Waals surface area contributed by atoms with Gasteiger partial charge in [0.25, 0.3) is 20.0 Å². The van der Waals surface area contributed by atoms with Crippen LogP contribution in [-0.2, 0) is 48.6 Å². The van der Waals surface area contributed by atoms with Gasteiger partial charge in [-0.1, -0.05) is 35.3 Å². The Bertz CT molecular complexity index is 3370. The van der Waals surface area contributed by atoms with E-state index in [0.717, 1.165) is 20.3 Å². The third-order valence-electron chi connectivity index (χ3n) is 9.42. The molecule has 1 aliphatic heterocycles. The molecule has 3 aromatic carbocycles. The molecule has 5 aromatic rings. The number of sulfonamides is 2. The first-order valence-electron chi connectivity index (χ1n) is 21.6. The predicted octanol–water partition coefficient (Wildman–Crippen LogP) is -2.96. The maximum atomic E-state index is 12.5. The summed E-state index contributed by atoms with van der Waals surface area (Å²) in [6.07, 6.45) is 0.0591. The Morgan fingerprint density at radius 1 is 0.696 bits per heavy atom. The Balaban J connectivity index is 0.000000401. The molecule has 1 atom stereocenters. The van der Waals surface area contributed by atoms with E-state index in [1.807, 2.05) is 22.6 Å². The number of aryl methyl sites for hydroxylation is 2. The van der Waals surface area contributed by atoms with Gasteiger partial charge in [0.2, 0.25) is 11.9 Å². The van der Waals surface area contributed by atoms with E-state index >= 15 is 0 Å². The van der Waals surface area contributed by atoms with Gasteiger partial charge in [-0.3, -0.25) is 0 Å². The zero-order chi connectivity index (χ0) is 57.4. The summed E-state index contributed by atoms with van der Waals surface area (Å²) in [6, 6.07) is 11.4. The maximum absolute atomic E-state index is 12.5. The van der Waals surface area contributed by atoms with Gasteiger partial charge in [-0.25, -0.2) is 24.2 Å². The van der Waals surface area contributed by atoms with Gasteiger partial charge in [0.1, 0.15) is 27.2 Å². The van der Waals surface area contributed by atoms with Crippen molar-refractivity contribution in [3.05, 3.63) is 97.1 Å². The first-order chi connectivity index (χ1) is 36.2. The number of nitrogens with one attached hydrogen (secondary N) is 2. The van der Waals surface area contributed by atoms with Crippen LogP contribution in [0.5, 0.6) is 12.0 Å². The largest absolute Gasteiger partial charge is 1.00 e. The summed E-state index contributed by atoms with van der Waals surface area (Å²) in [5, 5.41) is 34.6. The molecule has 0 bridgehead atoms. The van der Waals surface area contributed by atoms with E-state index in [1.54, 1.807) is 39.0 Å². The van der Waals surface area contributed by atoms with Gasteiger partial charge in [-0.2, -0.15) is 60.6 Å². The number of nitrogens with zero attached hydrogens (tertiary/aromatic N) is 10. The number of hydrogen-bond donors (Lipinski definition) is 2. The van der Waals surface area contributed by atoms with Crippen LogP contribution in [0.15, 0.2) is 84.4 Å². The number of rotatable bonds is 15. The van der Waals surface area contributed by atoms with Crippen molar-refractivity contribution in [1.29, 1.82) is 0 Å². The van der Waals surface area contributed by atoms with Gasteiger partial charge in [0.15, 0.2) is 5.54 Å². The standard InChI is InChI=1S/C16H18Cl2N2O4.C14H14IN5O6S.C14H15N5O6S.2Na/c1-4-23-14(21)12-9-16(3,15(22)24-5-2)20(19-12)13-7-6-10(17)8-11(13)18;1-7-16-12(19-14(17-7)26-3)18-13(22)20-27(23,24)10-6-8(15)4-5-9(10)11(21)25-2;1-8-15-12(18-14(16-8)25-3)17-13(21)19-26(22,23)10-7-5-4-6-9(10)11(20)24-2;;/h6-8H,4-5,9H2,1-3H3;4-6H,1-3H3,(H2,16,17,18,19,20,22);4-7H,1-3H3,(H2,15,16,17,18,19,21);;/q;;;2*+1/p-2. The molecule has 0 aliphatic carbocycles. The molecule has 2 aromatic heterocycles. The first kappa shape index (κ1) is 69.5. The summed E-state index contributed by atoms with van der Waals surface area (Å²) >= 11 is 14.0. The van der Waals surface area contributed by atoms with Crippen LogP contribution in [-0.4, -0.2) is 136 Å². The molecule has 0 spiro atoms. The minimum Gasteiger partial charge on any atom is -0.845 e. The predicted molar refractivity (Wildman–Crippen MR) is 280 cm³/mol. The summed E-state index contributed by atoms with van der Waals surface area (Å²) in [7, 11) is -4.14. The molecule has 35 heteroatoms. The molecule has 0 radical (unpaired) electrons. The number of esters is 4. The molecule has 412 valence electrons. The molecule has 2 N–H and O–H groups in total. The van der Waals surface area contributed by atoms with Crippen LogP contribution in [0.1, 0.15) is 59.6 Å². The third kappa shape index (κ3) is 19.3. The molecule has 0 amide bonds. The number of carbonyl (C=O) groups excluding carboxylic acids is 4. The SMILES string of the molecule is CCOC(=O)C1=NN(c2ccc(Cl)cc2Cl)C(C)(C(=O)OCC)C1.COC(=O)c1ccc(I)cc1S(=O)(=O)/N=C(\[O-])Nc1nc(C)nc(OC)n1.COC(=O)c1ccccc1S(=O)(=O)/N=C(\[O-])Nc1nc(C)nc(OC)n1.[Na+].[Na+]. The van der Waals surface area contributed by atoms with Crippen molar-refractivity contribution >= 4 is 125 Å². The maximum Gasteiger partial charge on any atom is 1.00 e. The fraction of sp³-hybridized carbons (Fsp3) is 0.295. The second-order valence-electron chi connectivity index (χ2n) is 14.8. The summed E-state index contributed by atoms with van der Waals surface area (Å²) < 4.78 is 85.4. The van der Waals surface area contributed by atoms with E-state index in [9.17, 15) is 46.2 Å². The molecule has 79 heavy (non-hydrogen) atoms. The van der Waals surface area contributed by atoms with Gasteiger partial charge in [0, 0.05) is 15.0 Å². The van der Waals surface area contributed by atoms with Crippen LogP contribution < -0.4 is 94.4 Å². The van der Waals surface area contributed by atoms with Gasteiger partial charge in [0.05, 0.1) is 75.5 Å². The Kier molecular flexibility index (Phi) is 27.6. The average Bonchev–Trinajstić information content (AvgIpc) is 3.85. The van der Waals surface area contributed by atoms with Crippen LogP contribution in [0.4, 0.5) is 17.6 Å². The fourth-order valence-electron chi connectivity index (χ4n) is 6.13. The molecule has 0 saturated heterocycles. The number of methoxy groups -OCH3 is 4. The molecular formula is C44H45Cl2IN12Na2O16S2. The zero-order valence-electron chi connectivity index (χ0n) is 43.8. The second-order valence-corrected chi connectivity index (χ2v) is 20.1.